The van der Waals surface area contributed by atoms with Gasteiger partial charge in [-0.05, 0) is 37.8 Å². The summed E-state index contributed by atoms with van der Waals surface area (Å²) in [6.07, 6.45) is 14.4. The molecular weight excluding hydrogens is 268 g/mol. The summed E-state index contributed by atoms with van der Waals surface area (Å²) in [7, 11) is 0. The third-order valence-corrected chi connectivity index (χ3v) is 4.39. The normalized spacial score (nSPS) is 17.4. The predicted molar refractivity (Wildman–Crippen MR) is 92.2 cm³/mol. The van der Waals surface area contributed by atoms with Gasteiger partial charge in [0.1, 0.15) is 0 Å². The van der Waals surface area contributed by atoms with Gasteiger partial charge in [-0.1, -0.05) is 47.6 Å². The highest BCUT2D eigenvalue weighted by atomic mass is 14.8. The average Bonchev–Trinajstić information content (AvgIpc) is 3.15. The van der Waals surface area contributed by atoms with Crippen LogP contribution < -0.4 is 0 Å². The van der Waals surface area contributed by atoms with Crippen molar-refractivity contribution < 1.29 is 0 Å². The van der Waals surface area contributed by atoms with Crippen LogP contribution in [0, 0.1) is 0 Å². The SMILES string of the molecule is CC1=CC=C(c2ccc(C3=CC=C(C)C3)c3nccnc23)C1. The Kier molecular flexibility index (Phi) is 3.04. The van der Waals surface area contributed by atoms with Gasteiger partial charge < -0.3 is 0 Å². The molecule has 0 saturated heterocycles. The summed E-state index contributed by atoms with van der Waals surface area (Å²) < 4.78 is 0. The Bertz CT molecular complexity index is 821. The maximum absolute atomic E-state index is 4.63. The molecule has 0 atom stereocenters. The molecule has 1 aromatic carbocycles. The van der Waals surface area contributed by atoms with Crippen LogP contribution in [0.5, 0.6) is 0 Å². The molecule has 0 radical (unpaired) electrons. The summed E-state index contributed by atoms with van der Waals surface area (Å²) in [5.41, 5.74) is 9.92. The highest BCUT2D eigenvalue weighted by Gasteiger charge is 2.17. The summed E-state index contributed by atoms with van der Waals surface area (Å²) in [5.74, 6) is 0. The van der Waals surface area contributed by atoms with Gasteiger partial charge in [0.05, 0.1) is 11.0 Å². The predicted octanol–water partition coefficient (Wildman–Crippen LogP) is 5.10. The van der Waals surface area contributed by atoms with Gasteiger partial charge in [0.15, 0.2) is 0 Å². The van der Waals surface area contributed by atoms with E-state index in [9.17, 15) is 0 Å². The fraction of sp³-hybridized carbons (Fsp3) is 0.200. The summed E-state index contributed by atoms with van der Waals surface area (Å²) in [6, 6.07) is 4.41. The second-order valence-corrected chi connectivity index (χ2v) is 6.18. The van der Waals surface area contributed by atoms with Crippen molar-refractivity contribution in [3.8, 4) is 0 Å². The third-order valence-electron chi connectivity index (χ3n) is 4.39. The molecule has 2 aromatic rings. The van der Waals surface area contributed by atoms with E-state index in [0.29, 0.717) is 0 Å². The number of hydrogen-bond donors (Lipinski definition) is 0. The lowest BCUT2D eigenvalue weighted by Gasteiger charge is -2.12. The van der Waals surface area contributed by atoms with Gasteiger partial charge in [0.2, 0.25) is 0 Å². The van der Waals surface area contributed by atoms with E-state index in [2.05, 4.69) is 60.3 Å². The summed E-state index contributed by atoms with van der Waals surface area (Å²) in [6.45, 7) is 4.34. The Balaban J connectivity index is 1.86. The van der Waals surface area contributed by atoms with Crippen molar-refractivity contribution >= 4 is 22.2 Å². The number of rotatable bonds is 2. The maximum Gasteiger partial charge on any atom is 0.0968 e. The van der Waals surface area contributed by atoms with Crippen molar-refractivity contribution in [1.29, 1.82) is 0 Å². The molecule has 2 aliphatic carbocycles. The van der Waals surface area contributed by atoms with Gasteiger partial charge in [-0.25, -0.2) is 0 Å². The maximum atomic E-state index is 4.63. The Morgan fingerprint density at radius 2 is 1.14 bits per heavy atom. The van der Waals surface area contributed by atoms with Crippen LogP contribution in [0.4, 0.5) is 0 Å². The van der Waals surface area contributed by atoms with E-state index in [0.717, 1.165) is 23.9 Å². The molecule has 2 aliphatic rings. The van der Waals surface area contributed by atoms with Crippen molar-refractivity contribution in [3.63, 3.8) is 0 Å². The minimum absolute atomic E-state index is 1.01. The van der Waals surface area contributed by atoms with E-state index in [1.807, 2.05) is 0 Å². The van der Waals surface area contributed by atoms with Crippen LogP contribution in [0.1, 0.15) is 37.8 Å². The molecule has 1 heterocycles. The summed E-state index contributed by atoms with van der Waals surface area (Å²) in [4.78, 5) is 9.26. The number of hydrogen-bond acceptors (Lipinski definition) is 2. The van der Waals surface area contributed by atoms with E-state index >= 15 is 0 Å². The first-order valence-electron chi connectivity index (χ1n) is 7.69. The largest absolute Gasteiger partial charge is 0.252 e. The van der Waals surface area contributed by atoms with Crippen molar-refractivity contribution in [2.45, 2.75) is 26.7 Å². The minimum Gasteiger partial charge on any atom is -0.252 e. The standard InChI is InChI=1S/C20H18N2/c1-13-3-5-15(11-13)17-7-8-18(16-6-4-14(2)12-16)20-19(17)21-9-10-22-20/h3-10H,11-12H2,1-2H3. The topological polar surface area (TPSA) is 25.8 Å². The number of nitrogens with zero attached hydrogens (tertiary/aromatic N) is 2. The Hall–Kier alpha value is -2.48. The fourth-order valence-electron chi connectivity index (χ4n) is 3.27. The molecule has 22 heavy (non-hydrogen) atoms. The Morgan fingerprint density at radius 1 is 0.682 bits per heavy atom. The van der Waals surface area contributed by atoms with Gasteiger partial charge in [0.25, 0.3) is 0 Å². The molecule has 0 bridgehead atoms. The molecule has 4 rings (SSSR count). The van der Waals surface area contributed by atoms with Crippen LogP contribution in [0.25, 0.3) is 22.2 Å². The van der Waals surface area contributed by atoms with Crippen LogP contribution in [0.2, 0.25) is 0 Å². The first kappa shape index (κ1) is 13.2. The number of allylic oxidation sites excluding steroid dienone is 8. The molecule has 0 aliphatic heterocycles. The van der Waals surface area contributed by atoms with Crippen LogP contribution in [-0.4, -0.2) is 9.97 Å². The summed E-state index contributed by atoms with van der Waals surface area (Å²) >= 11 is 0. The molecule has 0 fully saturated rings. The highest BCUT2D eigenvalue weighted by Crippen LogP contribution is 2.36. The van der Waals surface area contributed by atoms with Crippen molar-refractivity contribution in [2.75, 3.05) is 0 Å². The molecule has 2 nitrogen and oxygen atoms in total. The van der Waals surface area contributed by atoms with Crippen molar-refractivity contribution in [2.24, 2.45) is 0 Å². The van der Waals surface area contributed by atoms with Crippen LogP contribution in [0.3, 0.4) is 0 Å². The first-order chi connectivity index (χ1) is 10.7. The smallest absolute Gasteiger partial charge is 0.0968 e. The average molecular weight is 286 g/mol. The monoisotopic (exact) mass is 286 g/mol. The van der Waals surface area contributed by atoms with Crippen molar-refractivity contribution in [3.05, 3.63) is 71.1 Å². The van der Waals surface area contributed by atoms with Crippen LogP contribution in [-0.2, 0) is 0 Å². The molecule has 0 amide bonds. The second-order valence-electron chi connectivity index (χ2n) is 6.18. The number of aromatic nitrogens is 2. The molecular formula is C20H18N2. The molecule has 2 heteroatoms. The fourth-order valence-corrected chi connectivity index (χ4v) is 3.27. The van der Waals surface area contributed by atoms with Crippen molar-refractivity contribution in [1.82, 2.24) is 9.97 Å². The van der Waals surface area contributed by atoms with Gasteiger partial charge in [-0.15, -0.1) is 0 Å². The zero-order valence-electron chi connectivity index (χ0n) is 12.9. The Morgan fingerprint density at radius 3 is 1.50 bits per heavy atom. The first-order valence-corrected chi connectivity index (χ1v) is 7.69. The van der Waals surface area contributed by atoms with E-state index in [4.69, 9.17) is 0 Å². The van der Waals surface area contributed by atoms with Gasteiger partial charge >= 0.3 is 0 Å². The number of benzene rings is 1. The second kappa shape index (κ2) is 5.06. The lowest BCUT2D eigenvalue weighted by atomic mass is 9.95. The third kappa shape index (κ3) is 2.12. The van der Waals surface area contributed by atoms with Gasteiger partial charge in [-0.3, -0.25) is 9.97 Å². The number of fused-ring (bicyclic) bond motifs is 1. The van der Waals surface area contributed by atoms with E-state index < -0.39 is 0 Å². The zero-order chi connectivity index (χ0) is 15.1. The van der Waals surface area contributed by atoms with E-state index in [1.54, 1.807) is 12.4 Å². The van der Waals surface area contributed by atoms with Crippen LogP contribution >= 0.6 is 0 Å². The quantitative estimate of drug-likeness (QED) is 0.768. The van der Waals surface area contributed by atoms with E-state index in [1.165, 1.54) is 33.4 Å². The molecule has 108 valence electrons. The Labute approximate surface area is 130 Å². The molecule has 0 spiro atoms. The summed E-state index contributed by atoms with van der Waals surface area (Å²) in [5, 5.41) is 0. The highest BCUT2D eigenvalue weighted by molar-refractivity contribution is 5.97. The molecule has 0 unspecified atom stereocenters. The van der Waals surface area contributed by atoms with Gasteiger partial charge in [-0.2, -0.15) is 0 Å². The minimum atomic E-state index is 1.01. The molecule has 1 aromatic heterocycles. The lowest BCUT2D eigenvalue weighted by molar-refractivity contribution is 1.23. The van der Waals surface area contributed by atoms with Gasteiger partial charge in [0, 0.05) is 23.5 Å². The molecule has 0 N–H and O–H groups in total. The van der Waals surface area contributed by atoms with Crippen LogP contribution in [0.15, 0.2) is 60.0 Å². The molecule has 0 saturated carbocycles. The van der Waals surface area contributed by atoms with E-state index in [-0.39, 0.29) is 0 Å². The lowest BCUT2D eigenvalue weighted by Crippen LogP contribution is -1.95. The zero-order valence-corrected chi connectivity index (χ0v) is 12.9.